The second kappa shape index (κ2) is 4.97. The van der Waals surface area contributed by atoms with Crippen LogP contribution in [-0.2, 0) is 6.42 Å². The summed E-state index contributed by atoms with van der Waals surface area (Å²) in [5.41, 5.74) is 9.08. The summed E-state index contributed by atoms with van der Waals surface area (Å²) >= 11 is 0. The topological polar surface area (TPSA) is 94.1 Å². The minimum absolute atomic E-state index is 0.396. The zero-order valence-corrected chi connectivity index (χ0v) is 11.8. The molecule has 3 rings (SSSR count). The van der Waals surface area contributed by atoms with Crippen LogP contribution in [0.1, 0.15) is 18.3 Å². The highest BCUT2D eigenvalue weighted by Gasteiger charge is 2.11. The molecular formula is C15H15N3O3. The number of hydrogen-bond acceptors (Lipinski definition) is 5. The van der Waals surface area contributed by atoms with E-state index >= 15 is 0 Å². The average Bonchev–Trinajstić information content (AvgIpc) is 2.80. The zero-order valence-electron chi connectivity index (χ0n) is 11.8. The summed E-state index contributed by atoms with van der Waals surface area (Å²) in [5.74, 6) is 0.590. The molecule has 108 valence electrons. The number of nitrogens with one attached hydrogen (secondary N) is 1. The molecule has 0 radical (unpaired) electrons. The molecule has 0 unspecified atom stereocenters. The maximum atomic E-state index is 11.2. The lowest BCUT2D eigenvalue weighted by Crippen LogP contribution is -1.98. The minimum atomic E-state index is -0.521. The number of nitrogens with two attached hydrogens (primary N) is 1. The fourth-order valence-electron chi connectivity index (χ4n) is 2.14. The third-order valence-corrected chi connectivity index (χ3v) is 3.18. The number of aryl methyl sites for hydroxylation is 2. The van der Waals surface area contributed by atoms with Crippen molar-refractivity contribution in [3.8, 4) is 11.5 Å². The van der Waals surface area contributed by atoms with Crippen LogP contribution in [0.25, 0.3) is 11.1 Å². The summed E-state index contributed by atoms with van der Waals surface area (Å²) in [6, 6.07) is 6.95. The fourth-order valence-corrected chi connectivity index (χ4v) is 2.14. The van der Waals surface area contributed by atoms with Gasteiger partial charge < -0.3 is 14.9 Å². The van der Waals surface area contributed by atoms with Crippen molar-refractivity contribution in [2.75, 3.05) is 5.73 Å². The van der Waals surface area contributed by atoms with Gasteiger partial charge >= 0.3 is 5.76 Å². The lowest BCUT2D eigenvalue weighted by atomic mass is 10.2. The normalized spacial score (nSPS) is 11.0. The number of aromatic nitrogens is 2. The second-order valence-corrected chi connectivity index (χ2v) is 4.75. The largest absolute Gasteiger partial charge is 0.453 e. The smallest absolute Gasteiger partial charge is 0.417 e. The van der Waals surface area contributed by atoms with Gasteiger partial charge in [0.25, 0.3) is 0 Å². The van der Waals surface area contributed by atoms with Crippen LogP contribution in [0, 0.1) is 6.92 Å². The molecule has 0 aliphatic carbocycles. The first-order valence-corrected chi connectivity index (χ1v) is 6.63. The maximum absolute atomic E-state index is 11.2. The Bertz CT molecular complexity index is 864. The molecule has 0 aliphatic heterocycles. The number of pyridine rings is 1. The molecule has 1 aromatic carbocycles. The zero-order chi connectivity index (χ0) is 15.0. The number of ether oxygens (including phenoxy) is 1. The predicted molar refractivity (Wildman–Crippen MR) is 79.7 cm³/mol. The number of H-pyrrole nitrogens is 1. The Morgan fingerprint density at radius 3 is 2.90 bits per heavy atom. The summed E-state index contributed by atoms with van der Waals surface area (Å²) < 4.78 is 10.8. The SMILES string of the molecule is CCc1nc(C)ccc1Oc1cc2[nH]c(=O)oc2cc1N. The lowest BCUT2D eigenvalue weighted by molar-refractivity contribution is 0.475. The van der Waals surface area contributed by atoms with E-state index in [1.807, 2.05) is 26.0 Å². The molecule has 6 nitrogen and oxygen atoms in total. The van der Waals surface area contributed by atoms with Crippen molar-refractivity contribution >= 4 is 16.8 Å². The van der Waals surface area contributed by atoms with Gasteiger partial charge in [-0.2, -0.15) is 0 Å². The summed E-state index contributed by atoms with van der Waals surface area (Å²) in [6.07, 6.45) is 0.752. The maximum Gasteiger partial charge on any atom is 0.417 e. The quantitative estimate of drug-likeness (QED) is 0.721. The lowest BCUT2D eigenvalue weighted by Gasteiger charge is -2.11. The summed E-state index contributed by atoms with van der Waals surface area (Å²) in [4.78, 5) is 18.2. The van der Waals surface area contributed by atoms with Gasteiger partial charge in [0.2, 0.25) is 0 Å². The van der Waals surface area contributed by atoms with Crippen LogP contribution in [0.4, 0.5) is 5.69 Å². The highest BCUT2D eigenvalue weighted by atomic mass is 16.5. The van der Waals surface area contributed by atoms with E-state index in [-0.39, 0.29) is 0 Å². The van der Waals surface area contributed by atoms with Gasteiger partial charge in [-0.25, -0.2) is 4.79 Å². The van der Waals surface area contributed by atoms with Crippen LogP contribution in [0.2, 0.25) is 0 Å². The monoisotopic (exact) mass is 285 g/mol. The Morgan fingerprint density at radius 2 is 2.14 bits per heavy atom. The van der Waals surface area contributed by atoms with Gasteiger partial charge in [-0.1, -0.05) is 6.92 Å². The van der Waals surface area contributed by atoms with Gasteiger partial charge in [0.15, 0.2) is 11.3 Å². The van der Waals surface area contributed by atoms with Gasteiger partial charge in [-0.3, -0.25) is 9.97 Å². The fraction of sp³-hybridized carbons (Fsp3) is 0.200. The first-order valence-electron chi connectivity index (χ1n) is 6.63. The predicted octanol–water partition coefficient (Wildman–Crippen LogP) is 2.76. The van der Waals surface area contributed by atoms with Crippen molar-refractivity contribution in [2.45, 2.75) is 20.3 Å². The number of oxazole rings is 1. The number of nitrogen functional groups attached to an aromatic ring is 1. The standard InChI is InChI=1S/C15H15N3O3/c1-3-10-12(5-4-8(2)17-10)20-13-7-11-14(6-9(13)16)21-15(19)18-11/h4-7H,3,16H2,1-2H3,(H,18,19). The molecule has 0 fully saturated rings. The molecular weight excluding hydrogens is 270 g/mol. The van der Waals surface area contributed by atoms with Crippen molar-refractivity contribution in [1.29, 1.82) is 0 Å². The van der Waals surface area contributed by atoms with Crippen molar-refractivity contribution in [2.24, 2.45) is 0 Å². The van der Waals surface area contributed by atoms with Gasteiger partial charge in [-0.15, -0.1) is 0 Å². The van der Waals surface area contributed by atoms with Gasteiger partial charge in [0.05, 0.1) is 16.9 Å². The first kappa shape index (κ1) is 13.2. The number of anilines is 1. The van der Waals surface area contributed by atoms with Crippen molar-refractivity contribution < 1.29 is 9.15 Å². The molecule has 6 heteroatoms. The number of fused-ring (bicyclic) bond motifs is 1. The molecule has 0 amide bonds. The van der Waals surface area contributed by atoms with Crippen LogP contribution < -0.4 is 16.2 Å². The molecule has 0 aliphatic rings. The van der Waals surface area contributed by atoms with Crippen LogP contribution in [-0.4, -0.2) is 9.97 Å². The van der Waals surface area contributed by atoms with Crippen LogP contribution in [0.15, 0.2) is 33.5 Å². The van der Waals surface area contributed by atoms with Gasteiger partial charge in [0, 0.05) is 17.8 Å². The van der Waals surface area contributed by atoms with Crippen LogP contribution in [0.3, 0.4) is 0 Å². The highest BCUT2D eigenvalue weighted by molar-refractivity contribution is 5.80. The Labute approximate surface area is 120 Å². The summed E-state index contributed by atoms with van der Waals surface area (Å²) in [6.45, 7) is 3.94. The van der Waals surface area contributed by atoms with E-state index in [4.69, 9.17) is 14.9 Å². The molecule has 0 saturated heterocycles. The summed E-state index contributed by atoms with van der Waals surface area (Å²) in [7, 11) is 0. The molecule has 2 aromatic heterocycles. The van der Waals surface area contributed by atoms with E-state index in [9.17, 15) is 4.79 Å². The minimum Gasteiger partial charge on any atom is -0.453 e. The number of nitrogens with zero attached hydrogens (tertiary/aromatic N) is 1. The van der Waals surface area contributed by atoms with E-state index in [0.29, 0.717) is 28.3 Å². The van der Waals surface area contributed by atoms with Crippen molar-refractivity contribution in [3.05, 3.63) is 46.2 Å². The molecule has 21 heavy (non-hydrogen) atoms. The van der Waals surface area contributed by atoms with E-state index in [2.05, 4.69) is 9.97 Å². The number of rotatable bonds is 3. The molecule has 3 aromatic rings. The molecule has 3 N–H and O–H groups in total. The average molecular weight is 285 g/mol. The number of aromatic amines is 1. The van der Waals surface area contributed by atoms with Gasteiger partial charge in [-0.05, 0) is 25.5 Å². The van der Waals surface area contributed by atoms with E-state index in [0.717, 1.165) is 17.8 Å². The van der Waals surface area contributed by atoms with E-state index in [1.165, 1.54) is 0 Å². The van der Waals surface area contributed by atoms with E-state index < -0.39 is 5.76 Å². The number of benzene rings is 1. The Kier molecular flexibility index (Phi) is 3.13. The Morgan fingerprint density at radius 1 is 1.33 bits per heavy atom. The molecule has 0 atom stereocenters. The molecule has 0 spiro atoms. The summed E-state index contributed by atoms with van der Waals surface area (Å²) in [5, 5.41) is 0. The van der Waals surface area contributed by atoms with E-state index in [1.54, 1.807) is 12.1 Å². The van der Waals surface area contributed by atoms with Crippen LogP contribution >= 0.6 is 0 Å². The van der Waals surface area contributed by atoms with Crippen LogP contribution in [0.5, 0.6) is 11.5 Å². The van der Waals surface area contributed by atoms with Gasteiger partial charge in [0.1, 0.15) is 5.75 Å². The third-order valence-electron chi connectivity index (χ3n) is 3.18. The number of hydrogen-bond donors (Lipinski definition) is 2. The van der Waals surface area contributed by atoms with Crippen molar-refractivity contribution in [1.82, 2.24) is 9.97 Å². The first-order chi connectivity index (χ1) is 10.1. The highest BCUT2D eigenvalue weighted by Crippen LogP contribution is 2.32. The second-order valence-electron chi connectivity index (χ2n) is 4.75. The molecule has 2 heterocycles. The Hall–Kier alpha value is -2.76. The molecule has 0 saturated carbocycles. The van der Waals surface area contributed by atoms with Crippen molar-refractivity contribution in [3.63, 3.8) is 0 Å². The molecule has 0 bridgehead atoms. The third kappa shape index (κ3) is 2.47. The Balaban J connectivity index is 2.05.